The average molecular weight is 349 g/mol. The highest BCUT2D eigenvalue weighted by atomic mass is 19.4. The van der Waals surface area contributed by atoms with Crippen LogP contribution in [0.4, 0.5) is 13.2 Å². The van der Waals surface area contributed by atoms with Gasteiger partial charge in [-0.3, -0.25) is 14.6 Å². The van der Waals surface area contributed by atoms with E-state index in [0.29, 0.717) is 37.9 Å². The van der Waals surface area contributed by atoms with Gasteiger partial charge in [0.15, 0.2) is 5.82 Å². The van der Waals surface area contributed by atoms with E-state index in [1.165, 1.54) is 0 Å². The monoisotopic (exact) mass is 349 g/mol. The SMILES string of the molecule is Cc1noc([C@@H](C)N2CCN([C@H](C)C(=O)NCC(F)(F)F)CC2)n1. The second-order valence-electron chi connectivity index (χ2n) is 5.94. The van der Waals surface area contributed by atoms with Crippen molar-refractivity contribution in [2.75, 3.05) is 32.7 Å². The maximum atomic E-state index is 12.2. The van der Waals surface area contributed by atoms with Crippen molar-refractivity contribution in [1.29, 1.82) is 0 Å². The fraction of sp³-hybridized carbons (Fsp3) is 0.786. The van der Waals surface area contributed by atoms with Crippen LogP contribution < -0.4 is 5.32 Å². The molecule has 0 radical (unpaired) electrons. The van der Waals surface area contributed by atoms with Crippen molar-refractivity contribution in [2.24, 2.45) is 0 Å². The lowest BCUT2D eigenvalue weighted by Crippen LogP contribution is -2.54. The number of halogens is 3. The highest BCUT2D eigenvalue weighted by Crippen LogP contribution is 2.20. The van der Waals surface area contributed by atoms with Gasteiger partial charge in [-0.1, -0.05) is 5.16 Å². The number of alkyl halides is 3. The zero-order chi connectivity index (χ0) is 17.9. The quantitative estimate of drug-likeness (QED) is 0.859. The average Bonchev–Trinajstić information content (AvgIpc) is 2.97. The number of amides is 1. The van der Waals surface area contributed by atoms with Crippen LogP contribution in [0.1, 0.15) is 31.6 Å². The molecule has 1 aliphatic rings. The highest BCUT2D eigenvalue weighted by molar-refractivity contribution is 5.81. The Hall–Kier alpha value is -1.68. The second kappa shape index (κ2) is 7.47. The van der Waals surface area contributed by atoms with Gasteiger partial charge in [-0.2, -0.15) is 18.2 Å². The molecule has 1 amide bonds. The zero-order valence-electron chi connectivity index (χ0n) is 13.9. The van der Waals surface area contributed by atoms with E-state index < -0.39 is 24.7 Å². The van der Waals surface area contributed by atoms with Crippen LogP contribution >= 0.6 is 0 Å². The summed E-state index contributed by atoms with van der Waals surface area (Å²) in [5.74, 6) is 0.503. The van der Waals surface area contributed by atoms with Gasteiger partial charge in [-0.15, -0.1) is 0 Å². The molecule has 1 aromatic heterocycles. The third-order valence-corrected chi connectivity index (χ3v) is 4.19. The number of carbonyl (C=O) groups excluding carboxylic acids is 1. The van der Waals surface area contributed by atoms with Crippen LogP contribution in [0, 0.1) is 6.92 Å². The van der Waals surface area contributed by atoms with Crippen LogP contribution in [0.15, 0.2) is 4.52 Å². The standard InChI is InChI=1S/C14H22F3N5O2/c1-9(12(23)18-8-14(15,16)17)21-4-6-22(7-5-21)10(2)13-19-11(3)20-24-13/h9-10H,4-8H2,1-3H3,(H,18,23)/t9-,10-/m1/s1. The van der Waals surface area contributed by atoms with E-state index in [2.05, 4.69) is 15.0 Å². The summed E-state index contributed by atoms with van der Waals surface area (Å²) in [6, 6.07) is -0.641. The molecule has 1 N–H and O–H groups in total. The summed E-state index contributed by atoms with van der Waals surface area (Å²) in [6.07, 6.45) is -4.40. The van der Waals surface area contributed by atoms with Gasteiger partial charge in [-0.05, 0) is 20.8 Å². The zero-order valence-corrected chi connectivity index (χ0v) is 13.9. The number of hydrogen-bond acceptors (Lipinski definition) is 6. The molecule has 0 saturated carbocycles. The molecule has 1 saturated heterocycles. The summed E-state index contributed by atoms with van der Waals surface area (Å²) in [4.78, 5) is 20.1. The molecule has 2 heterocycles. The summed E-state index contributed by atoms with van der Waals surface area (Å²) in [6.45, 7) is 6.52. The lowest BCUT2D eigenvalue weighted by Gasteiger charge is -2.39. The number of rotatable bonds is 5. The molecule has 0 bridgehead atoms. The van der Waals surface area contributed by atoms with Crippen LogP contribution in [0.3, 0.4) is 0 Å². The number of nitrogens with one attached hydrogen (secondary N) is 1. The Morgan fingerprint density at radius 1 is 1.25 bits per heavy atom. The van der Waals surface area contributed by atoms with E-state index in [1.54, 1.807) is 13.8 Å². The van der Waals surface area contributed by atoms with Crippen LogP contribution in [-0.4, -0.2) is 70.8 Å². The van der Waals surface area contributed by atoms with Crippen LogP contribution in [0.5, 0.6) is 0 Å². The largest absolute Gasteiger partial charge is 0.405 e. The van der Waals surface area contributed by atoms with Gasteiger partial charge in [0.2, 0.25) is 11.8 Å². The first-order valence-electron chi connectivity index (χ1n) is 7.80. The van der Waals surface area contributed by atoms with Crippen LogP contribution in [-0.2, 0) is 4.79 Å². The Balaban J connectivity index is 1.82. The molecular weight excluding hydrogens is 327 g/mol. The lowest BCUT2D eigenvalue weighted by molar-refractivity contribution is -0.141. The molecule has 0 unspecified atom stereocenters. The van der Waals surface area contributed by atoms with Crippen molar-refractivity contribution in [3.05, 3.63) is 11.7 Å². The van der Waals surface area contributed by atoms with E-state index in [1.807, 2.05) is 17.1 Å². The molecule has 0 spiro atoms. The molecule has 2 rings (SSSR count). The summed E-state index contributed by atoms with van der Waals surface area (Å²) in [5, 5.41) is 5.70. The molecule has 136 valence electrons. The van der Waals surface area contributed by atoms with Gasteiger partial charge in [0.05, 0.1) is 12.1 Å². The first-order chi connectivity index (χ1) is 11.2. The topological polar surface area (TPSA) is 74.5 Å². The van der Waals surface area contributed by atoms with Gasteiger partial charge < -0.3 is 9.84 Å². The molecule has 1 aromatic rings. The summed E-state index contributed by atoms with van der Waals surface area (Å²) in [5.41, 5.74) is 0. The summed E-state index contributed by atoms with van der Waals surface area (Å²) in [7, 11) is 0. The Morgan fingerprint density at radius 3 is 2.33 bits per heavy atom. The molecule has 10 heteroatoms. The predicted octanol–water partition coefficient (Wildman–Crippen LogP) is 1.12. The van der Waals surface area contributed by atoms with Crippen molar-refractivity contribution in [2.45, 2.75) is 39.0 Å². The van der Waals surface area contributed by atoms with Crippen molar-refractivity contribution < 1.29 is 22.5 Å². The van der Waals surface area contributed by atoms with Crippen molar-refractivity contribution in [3.8, 4) is 0 Å². The molecule has 1 fully saturated rings. The number of carbonyl (C=O) groups is 1. The first-order valence-corrected chi connectivity index (χ1v) is 7.80. The van der Waals surface area contributed by atoms with Gasteiger partial charge >= 0.3 is 6.18 Å². The van der Waals surface area contributed by atoms with E-state index >= 15 is 0 Å². The van der Waals surface area contributed by atoms with E-state index in [4.69, 9.17) is 4.52 Å². The van der Waals surface area contributed by atoms with Gasteiger partial charge in [-0.25, -0.2) is 0 Å². The third kappa shape index (κ3) is 4.91. The van der Waals surface area contributed by atoms with Crippen molar-refractivity contribution >= 4 is 5.91 Å². The fourth-order valence-electron chi connectivity index (χ4n) is 2.65. The maximum Gasteiger partial charge on any atom is 0.405 e. The highest BCUT2D eigenvalue weighted by Gasteiger charge is 2.32. The normalized spacial score (nSPS) is 19.9. The molecule has 1 aliphatic heterocycles. The Morgan fingerprint density at radius 2 is 1.83 bits per heavy atom. The predicted molar refractivity (Wildman–Crippen MR) is 79.1 cm³/mol. The van der Waals surface area contributed by atoms with Crippen molar-refractivity contribution in [3.63, 3.8) is 0 Å². The molecule has 0 aliphatic carbocycles. The minimum Gasteiger partial charge on any atom is -0.346 e. The fourth-order valence-corrected chi connectivity index (χ4v) is 2.65. The smallest absolute Gasteiger partial charge is 0.346 e. The first kappa shape index (κ1) is 18.7. The molecule has 7 nitrogen and oxygen atoms in total. The van der Waals surface area contributed by atoms with Crippen LogP contribution in [0.2, 0.25) is 0 Å². The number of nitrogens with zero attached hydrogens (tertiary/aromatic N) is 4. The number of aryl methyl sites for hydroxylation is 1. The second-order valence-corrected chi connectivity index (χ2v) is 5.94. The van der Waals surface area contributed by atoms with E-state index in [-0.39, 0.29) is 6.04 Å². The van der Waals surface area contributed by atoms with E-state index in [0.717, 1.165) is 0 Å². The number of aromatic nitrogens is 2. The number of piperazine rings is 1. The Bertz CT molecular complexity index is 555. The number of hydrogen-bond donors (Lipinski definition) is 1. The minimum atomic E-state index is -4.40. The molecule has 0 aromatic carbocycles. The summed E-state index contributed by atoms with van der Waals surface area (Å²) >= 11 is 0. The third-order valence-electron chi connectivity index (χ3n) is 4.19. The molecule has 24 heavy (non-hydrogen) atoms. The summed E-state index contributed by atoms with van der Waals surface area (Å²) < 4.78 is 41.7. The minimum absolute atomic E-state index is 0.0392. The van der Waals surface area contributed by atoms with Gasteiger partial charge in [0.25, 0.3) is 0 Å². The lowest BCUT2D eigenvalue weighted by atomic mass is 10.2. The Labute approximate surface area is 138 Å². The van der Waals surface area contributed by atoms with Gasteiger partial charge in [0.1, 0.15) is 6.54 Å². The molecular formula is C14H22F3N5O2. The Kier molecular flexibility index (Phi) is 5.81. The van der Waals surface area contributed by atoms with Gasteiger partial charge in [0, 0.05) is 26.2 Å². The van der Waals surface area contributed by atoms with Crippen LogP contribution in [0.25, 0.3) is 0 Å². The maximum absolute atomic E-state index is 12.2. The van der Waals surface area contributed by atoms with E-state index in [9.17, 15) is 18.0 Å². The molecule has 2 atom stereocenters. The van der Waals surface area contributed by atoms with Crippen molar-refractivity contribution in [1.82, 2.24) is 25.3 Å².